The molecule has 0 unspecified atom stereocenters. The lowest BCUT2D eigenvalue weighted by Gasteiger charge is -2.12. The summed E-state index contributed by atoms with van der Waals surface area (Å²) in [7, 11) is 0. The second-order valence-electron chi connectivity index (χ2n) is 3.51. The van der Waals surface area contributed by atoms with Gasteiger partial charge in [0.05, 0.1) is 5.56 Å². The molecular formula is C13H8F3O. The molecule has 17 heavy (non-hydrogen) atoms. The van der Waals surface area contributed by atoms with Crippen molar-refractivity contribution in [2.24, 2.45) is 0 Å². The summed E-state index contributed by atoms with van der Waals surface area (Å²) in [5.74, 6) is -0.0699. The summed E-state index contributed by atoms with van der Waals surface area (Å²) in [6.07, 6.45) is -4.46. The molecule has 0 amide bonds. The first-order chi connectivity index (χ1) is 7.98. The molecule has 2 aromatic rings. The van der Waals surface area contributed by atoms with E-state index in [4.69, 9.17) is 0 Å². The largest absolute Gasteiger partial charge is 0.508 e. The van der Waals surface area contributed by atoms with Crippen LogP contribution in [0.25, 0.3) is 11.1 Å². The highest BCUT2D eigenvalue weighted by molar-refractivity contribution is 5.69. The molecule has 2 rings (SSSR count). The Balaban J connectivity index is 2.60. The van der Waals surface area contributed by atoms with Crippen molar-refractivity contribution < 1.29 is 18.3 Å². The lowest BCUT2D eigenvalue weighted by Crippen LogP contribution is -2.07. The fourth-order valence-electron chi connectivity index (χ4n) is 1.59. The van der Waals surface area contributed by atoms with E-state index in [1.54, 1.807) is 0 Å². The van der Waals surface area contributed by atoms with Gasteiger partial charge in [-0.2, -0.15) is 13.2 Å². The molecule has 0 aromatic heterocycles. The first-order valence-corrected chi connectivity index (χ1v) is 4.86. The van der Waals surface area contributed by atoms with Gasteiger partial charge in [-0.05, 0) is 29.3 Å². The van der Waals surface area contributed by atoms with E-state index in [0.29, 0.717) is 5.56 Å². The Labute approximate surface area is 96.1 Å². The molecule has 0 aliphatic carbocycles. The number of phenolic OH excluding ortho intramolecular Hbond substituents is 1. The third-order valence-corrected chi connectivity index (χ3v) is 2.30. The lowest BCUT2D eigenvalue weighted by molar-refractivity contribution is -0.137. The van der Waals surface area contributed by atoms with Gasteiger partial charge in [-0.1, -0.05) is 30.3 Å². The summed E-state index contributed by atoms with van der Waals surface area (Å²) >= 11 is 0. The minimum absolute atomic E-state index is 0.0101. The zero-order valence-corrected chi connectivity index (χ0v) is 8.62. The number of hydrogen-bond acceptors (Lipinski definition) is 1. The van der Waals surface area contributed by atoms with Crippen molar-refractivity contribution in [1.29, 1.82) is 0 Å². The monoisotopic (exact) mass is 237 g/mol. The number of benzene rings is 2. The molecule has 0 bridgehead atoms. The van der Waals surface area contributed by atoms with Crippen LogP contribution in [0.15, 0.2) is 42.5 Å². The smallest absolute Gasteiger partial charge is 0.417 e. The van der Waals surface area contributed by atoms with E-state index < -0.39 is 11.7 Å². The molecule has 0 heterocycles. The Hall–Kier alpha value is -1.97. The molecule has 4 heteroatoms. The molecule has 0 saturated carbocycles. The van der Waals surface area contributed by atoms with Crippen LogP contribution in [-0.2, 0) is 6.18 Å². The second kappa shape index (κ2) is 4.13. The quantitative estimate of drug-likeness (QED) is 0.798. The maximum absolute atomic E-state index is 12.7. The van der Waals surface area contributed by atoms with Crippen molar-refractivity contribution in [3.8, 4) is 16.9 Å². The van der Waals surface area contributed by atoms with Gasteiger partial charge < -0.3 is 5.11 Å². The Kier molecular flexibility index (Phi) is 2.79. The Morgan fingerprint density at radius 1 is 1.06 bits per heavy atom. The van der Waals surface area contributed by atoms with Crippen LogP contribution < -0.4 is 0 Å². The van der Waals surface area contributed by atoms with Crippen LogP contribution in [0.5, 0.6) is 5.75 Å². The molecule has 1 N–H and O–H groups in total. The van der Waals surface area contributed by atoms with Gasteiger partial charge in [-0.3, -0.25) is 0 Å². The van der Waals surface area contributed by atoms with Gasteiger partial charge in [-0.15, -0.1) is 0 Å². The molecule has 0 fully saturated rings. The lowest BCUT2D eigenvalue weighted by atomic mass is 9.99. The van der Waals surface area contributed by atoms with Gasteiger partial charge in [0, 0.05) is 0 Å². The van der Waals surface area contributed by atoms with E-state index in [2.05, 4.69) is 6.07 Å². The standard InChI is InChI=1S/C13H8F3O/c14-13(15,16)12-7-2-1-6-11(12)9-4-3-5-10(17)8-9/h1-6,8,17H. The highest BCUT2D eigenvalue weighted by Crippen LogP contribution is 2.37. The van der Waals surface area contributed by atoms with E-state index in [0.717, 1.165) is 0 Å². The molecule has 1 radical (unpaired) electrons. The zero-order valence-electron chi connectivity index (χ0n) is 8.62. The van der Waals surface area contributed by atoms with E-state index in [1.807, 2.05) is 0 Å². The number of phenols is 1. The maximum atomic E-state index is 12.7. The van der Waals surface area contributed by atoms with Gasteiger partial charge in [0.2, 0.25) is 0 Å². The van der Waals surface area contributed by atoms with Crippen molar-refractivity contribution in [2.45, 2.75) is 6.18 Å². The molecule has 2 aromatic carbocycles. The van der Waals surface area contributed by atoms with E-state index >= 15 is 0 Å². The van der Waals surface area contributed by atoms with Crippen LogP contribution in [0, 0.1) is 6.07 Å². The summed E-state index contributed by atoms with van der Waals surface area (Å²) < 4.78 is 38.2. The van der Waals surface area contributed by atoms with E-state index in [9.17, 15) is 18.3 Å². The van der Waals surface area contributed by atoms with Crippen LogP contribution >= 0.6 is 0 Å². The van der Waals surface area contributed by atoms with Crippen LogP contribution in [0.3, 0.4) is 0 Å². The topological polar surface area (TPSA) is 20.2 Å². The highest BCUT2D eigenvalue weighted by Gasteiger charge is 2.33. The Morgan fingerprint density at radius 3 is 2.47 bits per heavy atom. The molecular weight excluding hydrogens is 229 g/mol. The van der Waals surface area contributed by atoms with Crippen LogP contribution in [0.4, 0.5) is 13.2 Å². The number of rotatable bonds is 1. The van der Waals surface area contributed by atoms with Crippen LogP contribution in [0.2, 0.25) is 0 Å². The van der Waals surface area contributed by atoms with E-state index in [-0.39, 0.29) is 11.3 Å². The summed E-state index contributed by atoms with van der Waals surface area (Å²) in [6.45, 7) is 0. The number of hydrogen-bond donors (Lipinski definition) is 1. The fourth-order valence-corrected chi connectivity index (χ4v) is 1.59. The third kappa shape index (κ3) is 2.41. The summed E-state index contributed by atoms with van der Waals surface area (Å²) in [6, 6.07) is 11.9. The molecule has 87 valence electrons. The van der Waals surface area contributed by atoms with Gasteiger partial charge in [-0.25, -0.2) is 0 Å². The minimum atomic E-state index is -4.46. The van der Waals surface area contributed by atoms with Crippen molar-refractivity contribution in [2.75, 3.05) is 0 Å². The third-order valence-electron chi connectivity index (χ3n) is 2.30. The molecule has 0 spiro atoms. The van der Waals surface area contributed by atoms with Crippen molar-refractivity contribution in [3.05, 3.63) is 54.1 Å². The Bertz CT molecular complexity index is 532. The Morgan fingerprint density at radius 2 is 1.82 bits per heavy atom. The second-order valence-corrected chi connectivity index (χ2v) is 3.51. The summed E-state index contributed by atoms with van der Waals surface area (Å²) in [5, 5.41) is 9.28. The average Bonchev–Trinajstić information content (AvgIpc) is 2.28. The zero-order chi connectivity index (χ0) is 12.5. The maximum Gasteiger partial charge on any atom is 0.417 e. The normalized spacial score (nSPS) is 11.5. The molecule has 1 nitrogen and oxygen atoms in total. The van der Waals surface area contributed by atoms with Gasteiger partial charge >= 0.3 is 6.18 Å². The molecule has 0 aliphatic rings. The first kappa shape index (κ1) is 11.5. The average molecular weight is 237 g/mol. The predicted octanol–water partition coefficient (Wildman–Crippen LogP) is 3.88. The van der Waals surface area contributed by atoms with E-state index in [1.165, 1.54) is 42.5 Å². The highest BCUT2D eigenvalue weighted by atomic mass is 19.4. The fraction of sp³-hybridized carbons (Fsp3) is 0.0769. The molecule has 0 saturated heterocycles. The van der Waals surface area contributed by atoms with Crippen molar-refractivity contribution in [1.82, 2.24) is 0 Å². The van der Waals surface area contributed by atoms with Crippen LogP contribution in [-0.4, -0.2) is 5.11 Å². The number of halogens is 3. The molecule has 0 aliphatic heterocycles. The number of alkyl halides is 3. The summed E-state index contributed by atoms with van der Waals surface area (Å²) in [4.78, 5) is 0. The van der Waals surface area contributed by atoms with Crippen molar-refractivity contribution >= 4 is 0 Å². The first-order valence-electron chi connectivity index (χ1n) is 4.86. The van der Waals surface area contributed by atoms with Gasteiger partial charge in [0.1, 0.15) is 5.75 Å². The van der Waals surface area contributed by atoms with Gasteiger partial charge in [0.15, 0.2) is 0 Å². The predicted molar refractivity (Wildman–Crippen MR) is 57.4 cm³/mol. The van der Waals surface area contributed by atoms with Crippen LogP contribution in [0.1, 0.15) is 5.56 Å². The van der Waals surface area contributed by atoms with Gasteiger partial charge in [0.25, 0.3) is 0 Å². The number of aromatic hydroxyl groups is 1. The minimum Gasteiger partial charge on any atom is -0.508 e. The molecule has 0 atom stereocenters. The SMILES string of the molecule is Oc1cccc(-c2ccc[c]c2C(F)(F)F)c1. The van der Waals surface area contributed by atoms with Crippen molar-refractivity contribution in [3.63, 3.8) is 0 Å². The summed E-state index contributed by atoms with van der Waals surface area (Å²) in [5.41, 5.74) is -0.504.